The van der Waals surface area contributed by atoms with Gasteiger partial charge in [-0.1, -0.05) is 6.92 Å². The summed E-state index contributed by atoms with van der Waals surface area (Å²) in [6.07, 6.45) is 3.79. The number of carbonyl (C=O) groups excluding carboxylic acids is 2. The first-order valence-corrected chi connectivity index (χ1v) is 13.3. The number of fused-ring (bicyclic) bond motifs is 3. The van der Waals surface area contributed by atoms with Crippen LogP contribution < -0.4 is 9.80 Å². The Morgan fingerprint density at radius 2 is 1.79 bits per heavy atom. The molecule has 1 atom stereocenters. The van der Waals surface area contributed by atoms with Crippen molar-refractivity contribution in [2.24, 2.45) is 0 Å². The minimum absolute atomic E-state index is 0.0601. The number of carbonyl (C=O) groups is 2. The van der Waals surface area contributed by atoms with Crippen LogP contribution in [0.15, 0.2) is 23.1 Å². The highest BCUT2D eigenvalue weighted by Crippen LogP contribution is 2.41. The van der Waals surface area contributed by atoms with E-state index in [1.165, 1.54) is 19.0 Å². The lowest BCUT2D eigenvalue weighted by Crippen LogP contribution is -2.58. The molecular formula is C23H35N5O4S. The second-order valence-corrected chi connectivity index (χ2v) is 11.4. The van der Waals surface area contributed by atoms with E-state index in [0.717, 1.165) is 61.9 Å². The molecule has 0 unspecified atom stereocenters. The first-order valence-electron chi connectivity index (χ1n) is 11.9. The Morgan fingerprint density at radius 1 is 1.06 bits per heavy atom. The van der Waals surface area contributed by atoms with Gasteiger partial charge >= 0.3 is 0 Å². The largest absolute Gasteiger partial charge is 0.358 e. The van der Waals surface area contributed by atoms with Gasteiger partial charge in [0.05, 0.1) is 16.3 Å². The van der Waals surface area contributed by atoms with Gasteiger partial charge in [0.2, 0.25) is 21.8 Å². The lowest BCUT2D eigenvalue weighted by molar-refractivity contribution is -0.133. The predicted octanol–water partition coefficient (Wildman–Crippen LogP) is 1.20. The summed E-state index contributed by atoms with van der Waals surface area (Å²) in [5.41, 5.74) is 1.34. The van der Waals surface area contributed by atoms with Crippen molar-refractivity contribution >= 4 is 33.2 Å². The molecule has 0 spiro atoms. The van der Waals surface area contributed by atoms with Crippen molar-refractivity contribution in [3.05, 3.63) is 18.2 Å². The molecule has 33 heavy (non-hydrogen) atoms. The van der Waals surface area contributed by atoms with Gasteiger partial charge in [-0.2, -0.15) is 0 Å². The number of piperazine rings is 1. The summed E-state index contributed by atoms with van der Waals surface area (Å²) in [5, 5.41) is 0. The maximum Gasteiger partial charge on any atom is 0.250 e. The van der Waals surface area contributed by atoms with Crippen LogP contribution in [0.3, 0.4) is 0 Å². The van der Waals surface area contributed by atoms with Crippen molar-refractivity contribution in [2.45, 2.75) is 43.5 Å². The molecule has 1 aromatic rings. The molecular weight excluding hydrogens is 442 g/mol. The van der Waals surface area contributed by atoms with Crippen LogP contribution in [0.25, 0.3) is 0 Å². The summed E-state index contributed by atoms with van der Waals surface area (Å²) >= 11 is 0. The average Bonchev–Trinajstić information content (AvgIpc) is 2.81. The van der Waals surface area contributed by atoms with Gasteiger partial charge in [-0.15, -0.1) is 0 Å². The SMILES string of the molecule is CCCN1CCN(C(=O)CN2C(=O)[C@H]3CCCCN3c3ccc(S(=O)(=O)N(C)C)cc32)CC1. The van der Waals surface area contributed by atoms with Crippen LogP contribution in [-0.2, 0) is 19.6 Å². The zero-order chi connectivity index (χ0) is 23.8. The van der Waals surface area contributed by atoms with E-state index in [-0.39, 0.29) is 29.3 Å². The fraction of sp³-hybridized carbons (Fsp3) is 0.652. The summed E-state index contributed by atoms with van der Waals surface area (Å²) in [7, 11) is -0.693. The summed E-state index contributed by atoms with van der Waals surface area (Å²) in [6, 6.07) is 4.65. The van der Waals surface area contributed by atoms with Gasteiger partial charge in [0, 0.05) is 46.8 Å². The molecule has 2 saturated heterocycles. The highest BCUT2D eigenvalue weighted by molar-refractivity contribution is 7.89. The van der Waals surface area contributed by atoms with Crippen molar-refractivity contribution in [3.8, 4) is 0 Å². The molecule has 3 aliphatic rings. The average molecular weight is 478 g/mol. The van der Waals surface area contributed by atoms with Crippen molar-refractivity contribution in [1.82, 2.24) is 14.1 Å². The normalized spacial score (nSPS) is 21.9. The topological polar surface area (TPSA) is 84.5 Å². The van der Waals surface area contributed by atoms with Crippen LogP contribution in [0.1, 0.15) is 32.6 Å². The predicted molar refractivity (Wildman–Crippen MR) is 128 cm³/mol. The third-order valence-electron chi connectivity index (χ3n) is 6.94. The number of hydrogen-bond donors (Lipinski definition) is 0. The van der Waals surface area contributed by atoms with E-state index in [1.54, 1.807) is 18.2 Å². The molecule has 2 amide bonds. The Balaban J connectivity index is 1.63. The molecule has 0 N–H and O–H groups in total. The van der Waals surface area contributed by atoms with E-state index in [0.29, 0.717) is 18.8 Å². The Labute approximate surface area is 197 Å². The molecule has 9 nitrogen and oxygen atoms in total. The quantitative estimate of drug-likeness (QED) is 0.612. The van der Waals surface area contributed by atoms with Crippen LogP contribution in [0.2, 0.25) is 0 Å². The van der Waals surface area contributed by atoms with Crippen molar-refractivity contribution in [1.29, 1.82) is 0 Å². The molecule has 3 heterocycles. The molecule has 0 aromatic heterocycles. The first kappa shape index (κ1) is 24.0. The lowest BCUT2D eigenvalue weighted by Gasteiger charge is -2.45. The number of amides is 2. The molecule has 182 valence electrons. The standard InChI is InChI=1S/C23H35N5O4S/c1-4-10-25-12-14-26(15-13-25)22(29)17-28-21-16-18(33(31,32)24(2)3)8-9-19(21)27-11-6-5-7-20(27)23(28)30/h8-9,16,20H,4-7,10-15,17H2,1-3H3/t20-/m1/s1. The number of nitrogens with zero attached hydrogens (tertiary/aromatic N) is 5. The zero-order valence-corrected chi connectivity index (χ0v) is 20.7. The van der Waals surface area contributed by atoms with E-state index in [4.69, 9.17) is 0 Å². The van der Waals surface area contributed by atoms with E-state index in [1.807, 2.05) is 4.90 Å². The second kappa shape index (κ2) is 9.60. The van der Waals surface area contributed by atoms with Gasteiger partial charge in [-0.05, 0) is 50.4 Å². The lowest BCUT2D eigenvalue weighted by atomic mass is 9.96. The number of rotatable bonds is 6. The number of anilines is 2. The van der Waals surface area contributed by atoms with E-state index in [9.17, 15) is 18.0 Å². The van der Waals surface area contributed by atoms with Gasteiger partial charge in [-0.25, -0.2) is 12.7 Å². The van der Waals surface area contributed by atoms with Crippen molar-refractivity contribution < 1.29 is 18.0 Å². The highest BCUT2D eigenvalue weighted by Gasteiger charge is 2.41. The molecule has 0 saturated carbocycles. The van der Waals surface area contributed by atoms with Crippen LogP contribution in [0.4, 0.5) is 11.4 Å². The van der Waals surface area contributed by atoms with E-state index < -0.39 is 10.0 Å². The molecule has 2 fully saturated rings. The third-order valence-corrected chi connectivity index (χ3v) is 8.75. The molecule has 0 aliphatic carbocycles. The van der Waals surface area contributed by atoms with Gasteiger partial charge in [0.1, 0.15) is 12.6 Å². The Morgan fingerprint density at radius 3 is 2.45 bits per heavy atom. The minimum Gasteiger partial charge on any atom is -0.358 e. The highest BCUT2D eigenvalue weighted by atomic mass is 32.2. The van der Waals surface area contributed by atoms with Gasteiger partial charge < -0.3 is 9.80 Å². The molecule has 1 aromatic carbocycles. The van der Waals surface area contributed by atoms with Crippen molar-refractivity contribution in [3.63, 3.8) is 0 Å². The van der Waals surface area contributed by atoms with Crippen LogP contribution in [-0.4, -0.2) is 100 Å². The number of hydrogen-bond acceptors (Lipinski definition) is 6. The number of benzene rings is 1. The molecule has 0 radical (unpaired) electrons. The number of sulfonamides is 1. The molecule has 10 heteroatoms. The molecule has 3 aliphatic heterocycles. The van der Waals surface area contributed by atoms with Crippen molar-refractivity contribution in [2.75, 3.05) is 69.7 Å². The Bertz CT molecular complexity index is 1000. The maximum atomic E-state index is 13.5. The van der Waals surface area contributed by atoms with Gasteiger partial charge in [0.15, 0.2) is 0 Å². The summed E-state index contributed by atoms with van der Waals surface area (Å²) in [4.78, 5) is 34.6. The third kappa shape index (κ3) is 4.61. The maximum absolute atomic E-state index is 13.5. The number of piperidine rings is 1. The molecule has 4 rings (SSSR count). The fourth-order valence-corrected chi connectivity index (χ4v) is 5.97. The Kier molecular flexibility index (Phi) is 6.97. The summed E-state index contributed by atoms with van der Waals surface area (Å²) < 4.78 is 26.7. The van der Waals surface area contributed by atoms with Gasteiger partial charge in [0.25, 0.3) is 0 Å². The van der Waals surface area contributed by atoms with Crippen LogP contribution in [0.5, 0.6) is 0 Å². The minimum atomic E-state index is -3.67. The summed E-state index contributed by atoms with van der Waals surface area (Å²) in [6.45, 7) is 6.85. The Hall–Kier alpha value is -2.17. The molecule has 0 bridgehead atoms. The second-order valence-electron chi connectivity index (χ2n) is 9.29. The van der Waals surface area contributed by atoms with E-state index >= 15 is 0 Å². The van der Waals surface area contributed by atoms with Crippen LogP contribution in [0, 0.1) is 0 Å². The van der Waals surface area contributed by atoms with E-state index in [2.05, 4.69) is 16.7 Å². The van der Waals surface area contributed by atoms with Gasteiger partial charge in [-0.3, -0.25) is 19.4 Å². The van der Waals surface area contributed by atoms with Crippen LogP contribution >= 0.6 is 0 Å². The summed E-state index contributed by atoms with van der Waals surface area (Å²) in [5.74, 6) is -0.199. The monoisotopic (exact) mass is 477 g/mol. The smallest absolute Gasteiger partial charge is 0.250 e. The zero-order valence-electron chi connectivity index (χ0n) is 19.9. The first-order chi connectivity index (χ1) is 15.7. The fourth-order valence-electron chi connectivity index (χ4n) is 5.04.